The second-order valence-electron chi connectivity index (χ2n) is 6.20. The van der Waals surface area contributed by atoms with Crippen molar-refractivity contribution in [1.29, 1.82) is 0 Å². The standard InChI is InChI=1S/C19H16N2O4S/c22-19(23)16-12-17(15-9-5-4-8-14(15)16)26(24,25)18-10-11-21(20-18)13-6-2-1-3-7-13/h1-11,16-17H,12H2,(H,22,23)/p-1/t16-,17?/m1/s1. The van der Waals surface area contributed by atoms with Gasteiger partial charge in [-0.15, -0.1) is 0 Å². The Hall–Kier alpha value is -2.93. The van der Waals surface area contributed by atoms with Crippen molar-refractivity contribution in [3.8, 4) is 5.69 Å². The number of carbonyl (C=O) groups excluding carboxylic acids is 1. The van der Waals surface area contributed by atoms with E-state index < -0.39 is 27.0 Å². The lowest BCUT2D eigenvalue weighted by Crippen LogP contribution is -2.28. The summed E-state index contributed by atoms with van der Waals surface area (Å²) >= 11 is 0. The summed E-state index contributed by atoms with van der Waals surface area (Å²) in [6.07, 6.45) is 1.54. The molecule has 1 unspecified atom stereocenters. The van der Waals surface area contributed by atoms with Crippen LogP contribution < -0.4 is 5.11 Å². The number of carboxylic acids is 1. The Balaban J connectivity index is 1.74. The van der Waals surface area contributed by atoms with E-state index in [2.05, 4.69) is 5.10 Å². The second-order valence-corrected chi connectivity index (χ2v) is 8.28. The number of carboxylic acid groups (broad SMARTS) is 1. The van der Waals surface area contributed by atoms with Crippen molar-refractivity contribution in [3.05, 3.63) is 78.0 Å². The topological polar surface area (TPSA) is 92.1 Å². The molecular weight excluding hydrogens is 352 g/mol. The van der Waals surface area contributed by atoms with Crippen LogP contribution in [0.5, 0.6) is 0 Å². The van der Waals surface area contributed by atoms with Gasteiger partial charge in [0.15, 0.2) is 5.03 Å². The first-order valence-electron chi connectivity index (χ1n) is 8.13. The van der Waals surface area contributed by atoms with Crippen LogP contribution in [0.3, 0.4) is 0 Å². The molecule has 0 radical (unpaired) electrons. The van der Waals surface area contributed by atoms with Gasteiger partial charge < -0.3 is 9.90 Å². The number of hydrogen-bond donors (Lipinski definition) is 0. The number of para-hydroxylation sites is 1. The molecule has 1 aliphatic rings. The molecule has 0 N–H and O–H groups in total. The van der Waals surface area contributed by atoms with Gasteiger partial charge in [0.25, 0.3) is 0 Å². The van der Waals surface area contributed by atoms with Crippen molar-refractivity contribution in [2.45, 2.75) is 22.6 Å². The van der Waals surface area contributed by atoms with E-state index >= 15 is 0 Å². The van der Waals surface area contributed by atoms with Gasteiger partial charge >= 0.3 is 0 Å². The van der Waals surface area contributed by atoms with Crippen molar-refractivity contribution >= 4 is 15.8 Å². The molecule has 1 aliphatic carbocycles. The molecule has 0 bridgehead atoms. The van der Waals surface area contributed by atoms with Crippen LogP contribution in [-0.2, 0) is 14.6 Å². The Morgan fingerprint density at radius 3 is 2.35 bits per heavy atom. The molecule has 0 amide bonds. The lowest BCUT2D eigenvalue weighted by Gasteiger charge is -2.13. The zero-order valence-electron chi connectivity index (χ0n) is 13.6. The Labute approximate surface area is 150 Å². The first-order chi connectivity index (χ1) is 12.5. The molecule has 1 aromatic heterocycles. The maximum atomic E-state index is 13.1. The Kier molecular flexibility index (Phi) is 3.88. The molecule has 2 aromatic carbocycles. The predicted octanol–water partition coefficient (Wildman–Crippen LogP) is 1.62. The van der Waals surface area contributed by atoms with Crippen LogP contribution in [0.15, 0.2) is 71.9 Å². The van der Waals surface area contributed by atoms with Crippen molar-refractivity contribution in [2.24, 2.45) is 0 Å². The maximum Gasteiger partial charge on any atom is 0.204 e. The fourth-order valence-corrected chi connectivity index (χ4v) is 5.17. The maximum absolute atomic E-state index is 13.1. The molecule has 0 saturated heterocycles. The zero-order valence-corrected chi connectivity index (χ0v) is 14.5. The lowest BCUT2D eigenvalue weighted by molar-refractivity contribution is -0.307. The third-order valence-electron chi connectivity index (χ3n) is 4.70. The largest absolute Gasteiger partial charge is 0.549 e. The van der Waals surface area contributed by atoms with Crippen molar-refractivity contribution < 1.29 is 18.3 Å². The van der Waals surface area contributed by atoms with Gasteiger partial charge in [0.05, 0.1) is 10.9 Å². The van der Waals surface area contributed by atoms with Gasteiger partial charge in [-0.1, -0.05) is 42.5 Å². The third kappa shape index (κ3) is 2.61. The monoisotopic (exact) mass is 367 g/mol. The minimum Gasteiger partial charge on any atom is -0.549 e. The van der Waals surface area contributed by atoms with Crippen LogP contribution in [0.25, 0.3) is 5.69 Å². The summed E-state index contributed by atoms with van der Waals surface area (Å²) in [4.78, 5) is 11.4. The summed E-state index contributed by atoms with van der Waals surface area (Å²) in [5.41, 5.74) is 1.76. The van der Waals surface area contributed by atoms with Crippen LogP contribution in [0, 0.1) is 0 Å². The summed E-state index contributed by atoms with van der Waals surface area (Å²) in [5, 5.41) is 14.6. The molecule has 0 aliphatic heterocycles. The Bertz CT molecular complexity index is 1070. The number of aliphatic carboxylic acids is 1. The minimum atomic E-state index is -3.83. The summed E-state index contributed by atoms with van der Waals surface area (Å²) in [5.74, 6) is -2.19. The number of sulfone groups is 1. The average molecular weight is 367 g/mol. The molecule has 3 aromatic rings. The van der Waals surface area contributed by atoms with E-state index in [-0.39, 0.29) is 11.4 Å². The zero-order chi connectivity index (χ0) is 18.3. The van der Waals surface area contributed by atoms with Gasteiger partial charge in [-0.3, -0.25) is 0 Å². The molecule has 6 nitrogen and oxygen atoms in total. The highest BCUT2D eigenvalue weighted by molar-refractivity contribution is 7.91. The van der Waals surface area contributed by atoms with Crippen molar-refractivity contribution in [2.75, 3.05) is 0 Å². The van der Waals surface area contributed by atoms with E-state index in [0.717, 1.165) is 5.69 Å². The van der Waals surface area contributed by atoms with E-state index in [1.165, 1.54) is 10.7 Å². The van der Waals surface area contributed by atoms with Crippen LogP contribution in [0.2, 0.25) is 0 Å². The van der Waals surface area contributed by atoms with Gasteiger partial charge in [0.1, 0.15) is 0 Å². The van der Waals surface area contributed by atoms with Gasteiger partial charge in [-0.05, 0) is 35.7 Å². The van der Waals surface area contributed by atoms with Crippen molar-refractivity contribution in [3.63, 3.8) is 0 Å². The molecule has 0 saturated carbocycles. The molecule has 4 rings (SSSR count). The normalized spacial score (nSPS) is 19.2. The predicted molar refractivity (Wildman–Crippen MR) is 92.3 cm³/mol. The number of fused-ring (bicyclic) bond motifs is 1. The van der Waals surface area contributed by atoms with Gasteiger partial charge in [0.2, 0.25) is 9.84 Å². The van der Waals surface area contributed by atoms with E-state index in [9.17, 15) is 18.3 Å². The fraction of sp³-hybridized carbons (Fsp3) is 0.158. The number of aromatic nitrogens is 2. The SMILES string of the molecule is O=C([O-])[C@@H]1CC(S(=O)(=O)c2ccn(-c3ccccc3)n2)c2ccccc21. The van der Waals surface area contributed by atoms with Crippen LogP contribution in [-0.4, -0.2) is 24.2 Å². The minimum absolute atomic E-state index is 0.0395. The van der Waals surface area contributed by atoms with E-state index in [1.54, 1.807) is 30.5 Å². The number of carbonyl (C=O) groups is 1. The van der Waals surface area contributed by atoms with Crippen LogP contribution in [0.1, 0.15) is 28.7 Å². The molecule has 0 fully saturated rings. The number of benzene rings is 2. The van der Waals surface area contributed by atoms with E-state index in [0.29, 0.717) is 11.1 Å². The third-order valence-corrected chi connectivity index (χ3v) is 6.70. The van der Waals surface area contributed by atoms with Gasteiger partial charge in [-0.25, -0.2) is 13.1 Å². The second kappa shape index (κ2) is 6.10. The smallest absolute Gasteiger partial charge is 0.204 e. The fourth-order valence-electron chi connectivity index (χ4n) is 3.44. The van der Waals surface area contributed by atoms with Gasteiger partial charge in [-0.2, -0.15) is 5.10 Å². The molecule has 2 atom stereocenters. The molecule has 26 heavy (non-hydrogen) atoms. The number of nitrogens with zero attached hydrogens (tertiary/aromatic N) is 2. The van der Waals surface area contributed by atoms with Crippen LogP contribution in [0.4, 0.5) is 0 Å². The molecule has 7 heteroatoms. The Morgan fingerprint density at radius 1 is 1.00 bits per heavy atom. The summed E-state index contributed by atoms with van der Waals surface area (Å²) in [6, 6.07) is 17.3. The van der Waals surface area contributed by atoms with E-state index in [4.69, 9.17) is 0 Å². The molecular formula is C19H15N2O4S-. The molecule has 132 valence electrons. The number of rotatable bonds is 4. The van der Waals surface area contributed by atoms with Gasteiger partial charge in [0, 0.05) is 18.1 Å². The highest BCUT2D eigenvalue weighted by atomic mass is 32.2. The van der Waals surface area contributed by atoms with Crippen molar-refractivity contribution in [1.82, 2.24) is 9.78 Å². The number of hydrogen-bond acceptors (Lipinski definition) is 5. The van der Waals surface area contributed by atoms with Crippen LogP contribution >= 0.6 is 0 Å². The summed E-state index contributed by atoms with van der Waals surface area (Å²) < 4.78 is 27.7. The molecule has 0 spiro atoms. The Morgan fingerprint density at radius 2 is 1.65 bits per heavy atom. The van der Waals surface area contributed by atoms with E-state index in [1.807, 2.05) is 30.3 Å². The quantitative estimate of drug-likeness (QED) is 0.699. The molecule has 1 heterocycles. The lowest BCUT2D eigenvalue weighted by atomic mass is 10.0. The highest BCUT2D eigenvalue weighted by Crippen LogP contribution is 2.46. The first kappa shape index (κ1) is 16.5. The summed E-state index contributed by atoms with van der Waals surface area (Å²) in [7, 11) is -3.83. The first-order valence-corrected chi connectivity index (χ1v) is 9.68. The summed E-state index contributed by atoms with van der Waals surface area (Å²) in [6.45, 7) is 0. The highest BCUT2D eigenvalue weighted by Gasteiger charge is 2.41. The average Bonchev–Trinajstić information content (AvgIpc) is 3.28.